The second-order valence-corrected chi connectivity index (χ2v) is 5.30. The maximum Gasteiger partial charge on any atom is 0.323 e. The van der Waals surface area contributed by atoms with E-state index in [9.17, 15) is 9.90 Å². The molecule has 2 aliphatic rings. The van der Waals surface area contributed by atoms with E-state index < -0.39 is 12.0 Å². The standard InChI is InChI=1S/C15H19NO4/c17-15(18)13-10-19-8-6-16(13)9-11-5-7-20-14-4-2-1-3-12(11)14/h1-4,11,13H,5-10H2,(H,17,18). The fourth-order valence-electron chi connectivity index (χ4n) is 2.97. The zero-order chi connectivity index (χ0) is 13.9. The van der Waals surface area contributed by atoms with Gasteiger partial charge < -0.3 is 14.6 Å². The third-order valence-electron chi connectivity index (χ3n) is 4.06. The molecule has 1 fully saturated rings. The number of nitrogens with zero attached hydrogens (tertiary/aromatic N) is 1. The second kappa shape index (κ2) is 5.81. The molecule has 108 valence electrons. The van der Waals surface area contributed by atoms with Crippen molar-refractivity contribution in [3.05, 3.63) is 29.8 Å². The Kier molecular flexibility index (Phi) is 3.89. The lowest BCUT2D eigenvalue weighted by molar-refractivity contribution is -0.149. The van der Waals surface area contributed by atoms with Crippen LogP contribution in [0.1, 0.15) is 17.9 Å². The molecule has 20 heavy (non-hydrogen) atoms. The predicted octanol–water partition coefficient (Wildman–Crippen LogP) is 1.34. The molecule has 1 aromatic carbocycles. The first-order chi connectivity index (χ1) is 9.75. The van der Waals surface area contributed by atoms with Crippen molar-refractivity contribution in [1.82, 2.24) is 4.90 Å². The zero-order valence-corrected chi connectivity index (χ0v) is 11.3. The number of carbonyl (C=O) groups is 1. The number of carboxylic acids is 1. The van der Waals surface area contributed by atoms with Crippen molar-refractivity contribution in [2.24, 2.45) is 0 Å². The molecule has 1 aromatic rings. The number of para-hydroxylation sites is 1. The van der Waals surface area contributed by atoms with E-state index in [0.29, 0.717) is 25.7 Å². The first-order valence-corrected chi connectivity index (χ1v) is 7.02. The molecule has 5 nitrogen and oxygen atoms in total. The number of ether oxygens (including phenoxy) is 2. The van der Waals surface area contributed by atoms with Gasteiger partial charge >= 0.3 is 5.97 Å². The predicted molar refractivity (Wildman–Crippen MR) is 73.1 cm³/mol. The second-order valence-electron chi connectivity index (χ2n) is 5.30. The largest absolute Gasteiger partial charge is 0.493 e. The molecule has 0 radical (unpaired) electrons. The van der Waals surface area contributed by atoms with Crippen LogP contribution in [0.25, 0.3) is 0 Å². The highest BCUT2D eigenvalue weighted by Gasteiger charge is 2.32. The Bertz CT molecular complexity index is 491. The molecule has 0 saturated carbocycles. The van der Waals surface area contributed by atoms with Gasteiger partial charge in [-0.2, -0.15) is 0 Å². The molecule has 1 saturated heterocycles. The number of aliphatic carboxylic acids is 1. The Balaban J connectivity index is 1.76. The quantitative estimate of drug-likeness (QED) is 0.903. The molecule has 0 bridgehead atoms. The highest BCUT2D eigenvalue weighted by molar-refractivity contribution is 5.73. The lowest BCUT2D eigenvalue weighted by Gasteiger charge is -2.36. The summed E-state index contributed by atoms with van der Waals surface area (Å²) in [4.78, 5) is 13.3. The molecule has 0 aromatic heterocycles. The van der Waals surface area contributed by atoms with Crippen LogP contribution >= 0.6 is 0 Å². The van der Waals surface area contributed by atoms with Crippen molar-refractivity contribution in [3.63, 3.8) is 0 Å². The Morgan fingerprint density at radius 2 is 2.20 bits per heavy atom. The van der Waals surface area contributed by atoms with Crippen LogP contribution in [-0.2, 0) is 9.53 Å². The fraction of sp³-hybridized carbons (Fsp3) is 0.533. The van der Waals surface area contributed by atoms with Crippen LogP contribution in [0, 0.1) is 0 Å². The molecule has 5 heteroatoms. The first-order valence-electron chi connectivity index (χ1n) is 7.02. The van der Waals surface area contributed by atoms with Crippen LogP contribution in [0.4, 0.5) is 0 Å². The fourth-order valence-corrected chi connectivity index (χ4v) is 2.97. The van der Waals surface area contributed by atoms with E-state index in [1.807, 2.05) is 23.1 Å². The van der Waals surface area contributed by atoms with Gasteiger partial charge in [0.2, 0.25) is 0 Å². The molecule has 2 aliphatic heterocycles. The number of carboxylic acid groups (broad SMARTS) is 1. The van der Waals surface area contributed by atoms with Crippen LogP contribution in [-0.4, -0.2) is 54.9 Å². The van der Waals surface area contributed by atoms with E-state index in [1.54, 1.807) is 0 Å². The van der Waals surface area contributed by atoms with Gasteiger partial charge in [-0.15, -0.1) is 0 Å². The van der Waals surface area contributed by atoms with Crippen molar-refractivity contribution >= 4 is 5.97 Å². The Hall–Kier alpha value is -1.59. The van der Waals surface area contributed by atoms with Gasteiger partial charge in [0.25, 0.3) is 0 Å². The zero-order valence-electron chi connectivity index (χ0n) is 11.3. The van der Waals surface area contributed by atoms with Crippen LogP contribution in [0.3, 0.4) is 0 Å². The SMILES string of the molecule is O=C(O)C1COCCN1CC1CCOc2ccccc21. The average molecular weight is 277 g/mol. The molecule has 2 heterocycles. The van der Waals surface area contributed by atoms with Gasteiger partial charge in [-0.05, 0) is 18.1 Å². The van der Waals surface area contributed by atoms with E-state index in [2.05, 4.69) is 6.07 Å². The number of rotatable bonds is 3. The highest BCUT2D eigenvalue weighted by atomic mass is 16.5. The van der Waals surface area contributed by atoms with Crippen molar-refractivity contribution in [3.8, 4) is 5.75 Å². The number of hydrogen-bond donors (Lipinski definition) is 1. The van der Waals surface area contributed by atoms with Crippen molar-refractivity contribution in [2.75, 3.05) is 32.9 Å². The van der Waals surface area contributed by atoms with Gasteiger partial charge in [-0.1, -0.05) is 18.2 Å². The number of fused-ring (bicyclic) bond motifs is 1. The van der Waals surface area contributed by atoms with Gasteiger partial charge in [-0.3, -0.25) is 9.69 Å². The minimum Gasteiger partial charge on any atom is -0.493 e. The molecule has 2 unspecified atom stereocenters. The third kappa shape index (κ3) is 2.64. The van der Waals surface area contributed by atoms with Crippen molar-refractivity contribution in [1.29, 1.82) is 0 Å². The molecule has 3 rings (SSSR count). The Morgan fingerprint density at radius 3 is 3.05 bits per heavy atom. The summed E-state index contributed by atoms with van der Waals surface area (Å²) in [6, 6.07) is 7.51. The number of hydrogen-bond acceptors (Lipinski definition) is 4. The van der Waals surface area contributed by atoms with Gasteiger partial charge in [0, 0.05) is 19.0 Å². The van der Waals surface area contributed by atoms with Gasteiger partial charge in [-0.25, -0.2) is 0 Å². The number of morpholine rings is 1. The summed E-state index contributed by atoms with van der Waals surface area (Å²) < 4.78 is 10.9. The van der Waals surface area contributed by atoms with Crippen LogP contribution < -0.4 is 4.74 Å². The maximum absolute atomic E-state index is 11.3. The third-order valence-corrected chi connectivity index (χ3v) is 4.06. The topological polar surface area (TPSA) is 59.0 Å². The summed E-state index contributed by atoms with van der Waals surface area (Å²) in [5.41, 5.74) is 1.19. The van der Waals surface area contributed by atoms with E-state index in [-0.39, 0.29) is 6.61 Å². The summed E-state index contributed by atoms with van der Waals surface area (Å²) in [6.07, 6.45) is 0.931. The normalized spacial score (nSPS) is 26.6. The molecule has 0 spiro atoms. The minimum atomic E-state index is -0.801. The smallest absolute Gasteiger partial charge is 0.323 e. The van der Waals surface area contributed by atoms with Gasteiger partial charge in [0.05, 0.1) is 19.8 Å². The van der Waals surface area contributed by atoms with Crippen molar-refractivity contribution in [2.45, 2.75) is 18.4 Å². The first kappa shape index (κ1) is 13.4. The van der Waals surface area contributed by atoms with Crippen LogP contribution in [0.2, 0.25) is 0 Å². The summed E-state index contributed by atoms with van der Waals surface area (Å²) in [7, 11) is 0. The molecule has 0 aliphatic carbocycles. The summed E-state index contributed by atoms with van der Waals surface area (Å²) >= 11 is 0. The van der Waals surface area contributed by atoms with E-state index >= 15 is 0 Å². The summed E-state index contributed by atoms with van der Waals surface area (Å²) in [6.45, 7) is 3.01. The average Bonchev–Trinajstić information content (AvgIpc) is 2.48. The monoisotopic (exact) mass is 277 g/mol. The van der Waals surface area contributed by atoms with Crippen molar-refractivity contribution < 1.29 is 19.4 Å². The van der Waals surface area contributed by atoms with Gasteiger partial charge in [0.15, 0.2) is 0 Å². The lowest BCUT2D eigenvalue weighted by atomic mass is 9.92. The van der Waals surface area contributed by atoms with E-state index in [4.69, 9.17) is 9.47 Å². The molecular formula is C15H19NO4. The minimum absolute atomic E-state index is 0.278. The van der Waals surface area contributed by atoms with Crippen LogP contribution in [0.15, 0.2) is 24.3 Å². The molecular weight excluding hydrogens is 258 g/mol. The summed E-state index contributed by atoms with van der Waals surface area (Å²) in [5, 5.41) is 9.29. The molecule has 0 amide bonds. The highest BCUT2D eigenvalue weighted by Crippen LogP contribution is 2.34. The van der Waals surface area contributed by atoms with Gasteiger partial charge in [0.1, 0.15) is 11.8 Å². The molecule has 2 atom stereocenters. The molecule has 1 N–H and O–H groups in total. The summed E-state index contributed by atoms with van der Waals surface area (Å²) in [5.74, 6) is 0.467. The van der Waals surface area contributed by atoms with E-state index in [0.717, 1.165) is 18.7 Å². The van der Waals surface area contributed by atoms with E-state index in [1.165, 1.54) is 5.56 Å². The van der Waals surface area contributed by atoms with Crippen LogP contribution in [0.5, 0.6) is 5.75 Å². The number of benzene rings is 1. The lowest BCUT2D eigenvalue weighted by Crippen LogP contribution is -2.51. The Morgan fingerprint density at radius 1 is 1.35 bits per heavy atom. The maximum atomic E-state index is 11.3. The Labute approximate surface area is 118 Å².